The van der Waals surface area contributed by atoms with E-state index in [4.69, 9.17) is 0 Å². The van der Waals surface area contributed by atoms with Crippen LogP contribution in [0.25, 0.3) is 0 Å². The van der Waals surface area contributed by atoms with Crippen molar-refractivity contribution in [3.63, 3.8) is 0 Å². The average molecular weight is 293 g/mol. The zero-order valence-corrected chi connectivity index (χ0v) is 13.3. The minimum atomic E-state index is -0.255. The molecule has 0 amide bonds. The van der Waals surface area contributed by atoms with Gasteiger partial charge in [-0.3, -0.25) is 4.79 Å². The summed E-state index contributed by atoms with van der Waals surface area (Å²) in [6.07, 6.45) is 7.99. The summed E-state index contributed by atoms with van der Waals surface area (Å²) in [5, 5.41) is 12.7. The van der Waals surface area contributed by atoms with Crippen LogP contribution in [0.5, 0.6) is 0 Å². The molecule has 0 bridgehead atoms. The van der Waals surface area contributed by atoms with Crippen LogP contribution in [0, 0.1) is 11.8 Å². The van der Waals surface area contributed by atoms with Crippen molar-refractivity contribution in [1.29, 1.82) is 0 Å². The summed E-state index contributed by atoms with van der Waals surface area (Å²) < 4.78 is 1.70. The number of anilines is 1. The number of aliphatic hydroxyl groups is 1. The number of aliphatic hydroxyl groups excluding tert-OH is 1. The first-order valence-corrected chi connectivity index (χ1v) is 7.86. The second-order valence-corrected chi connectivity index (χ2v) is 6.99. The highest BCUT2D eigenvalue weighted by Gasteiger charge is 2.25. The molecule has 1 aromatic rings. The maximum absolute atomic E-state index is 12.4. The molecular formula is C16H27N3O2. The quantitative estimate of drug-likeness (QED) is 0.893. The Morgan fingerprint density at radius 1 is 1.33 bits per heavy atom. The molecule has 1 saturated carbocycles. The van der Waals surface area contributed by atoms with Gasteiger partial charge in [0.1, 0.15) is 0 Å². The van der Waals surface area contributed by atoms with Crippen LogP contribution in [0.1, 0.15) is 46.5 Å². The third-order valence-electron chi connectivity index (χ3n) is 4.40. The number of aromatic nitrogens is 2. The van der Waals surface area contributed by atoms with Crippen LogP contribution in [-0.2, 0) is 5.54 Å². The molecule has 21 heavy (non-hydrogen) atoms. The summed E-state index contributed by atoms with van der Waals surface area (Å²) in [5.41, 5.74) is -0.337. The van der Waals surface area contributed by atoms with Crippen LogP contribution in [0.15, 0.2) is 17.2 Å². The van der Waals surface area contributed by atoms with Crippen LogP contribution in [0.3, 0.4) is 0 Å². The van der Waals surface area contributed by atoms with Gasteiger partial charge < -0.3 is 15.0 Å². The van der Waals surface area contributed by atoms with Crippen molar-refractivity contribution in [2.24, 2.45) is 11.8 Å². The van der Waals surface area contributed by atoms with Crippen LogP contribution in [0.2, 0.25) is 0 Å². The average Bonchev–Trinajstić information content (AvgIpc) is 2.45. The normalized spacial score (nSPS) is 23.0. The molecule has 1 aliphatic rings. The van der Waals surface area contributed by atoms with Crippen molar-refractivity contribution in [3.8, 4) is 0 Å². The summed E-state index contributed by atoms with van der Waals surface area (Å²) in [7, 11) is 0. The molecule has 1 aromatic heterocycles. The molecule has 0 aromatic carbocycles. The highest BCUT2D eigenvalue weighted by atomic mass is 16.3. The Hall–Kier alpha value is -1.36. The van der Waals surface area contributed by atoms with Crippen LogP contribution >= 0.6 is 0 Å². The largest absolute Gasteiger partial charge is 0.396 e. The SMILES string of the molecule is CC(C)(C)n1ccnc(NCC2CCCCC2CO)c1=O. The van der Waals surface area contributed by atoms with Gasteiger partial charge in [-0.15, -0.1) is 0 Å². The first-order valence-electron chi connectivity index (χ1n) is 7.86. The van der Waals surface area contributed by atoms with E-state index in [2.05, 4.69) is 10.3 Å². The molecule has 2 rings (SSSR count). The second-order valence-electron chi connectivity index (χ2n) is 6.99. The molecule has 2 N–H and O–H groups in total. The van der Waals surface area contributed by atoms with Gasteiger partial charge in [0, 0.05) is 31.1 Å². The molecule has 2 unspecified atom stereocenters. The van der Waals surface area contributed by atoms with E-state index >= 15 is 0 Å². The lowest BCUT2D eigenvalue weighted by atomic mass is 9.79. The van der Waals surface area contributed by atoms with E-state index in [-0.39, 0.29) is 17.7 Å². The Balaban J connectivity index is 2.08. The minimum absolute atomic E-state index is 0.0821. The van der Waals surface area contributed by atoms with E-state index in [1.807, 2.05) is 20.8 Å². The molecule has 0 spiro atoms. The second kappa shape index (κ2) is 6.60. The van der Waals surface area contributed by atoms with Gasteiger partial charge in [-0.05, 0) is 45.4 Å². The van der Waals surface area contributed by atoms with Gasteiger partial charge in [0.15, 0.2) is 5.82 Å². The third-order valence-corrected chi connectivity index (χ3v) is 4.40. The molecule has 0 radical (unpaired) electrons. The van der Waals surface area contributed by atoms with Crippen molar-refractivity contribution in [1.82, 2.24) is 9.55 Å². The van der Waals surface area contributed by atoms with Crippen LogP contribution in [0.4, 0.5) is 5.82 Å². The Bertz CT molecular complexity index is 519. The highest BCUT2D eigenvalue weighted by Crippen LogP contribution is 2.29. The van der Waals surface area contributed by atoms with Crippen molar-refractivity contribution in [3.05, 3.63) is 22.7 Å². The van der Waals surface area contributed by atoms with Gasteiger partial charge in [-0.25, -0.2) is 4.98 Å². The third kappa shape index (κ3) is 3.84. The van der Waals surface area contributed by atoms with E-state index in [1.165, 1.54) is 12.8 Å². The predicted molar refractivity (Wildman–Crippen MR) is 84.5 cm³/mol. The smallest absolute Gasteiger partial charge is 0.293 e. The summed E-state index contributed by atoms with van der Waals surface area (Å²) in [5.74, 6) is 1.18. The highest BCUT2D eigenvalue weighted by molar-refractivity contribution is 5.31. The molecule has 0 aliphatic heterocycles. The van der Waals surface area contributed by atoms with E-state index in [0.29, 0.717) is 24.2 Å². The molecule has 1 fully saturated rings. The minimum Gasteiger partial charge on any atom is -0.396 e. The number of hydrogen-bond donors (Lipinski definition) is 2. The Morgan fingerprint density at radius 2 is 2.00 bits per heavy atom. The monoisotopic (exact) mass is 293 g/mol. The van der Waals surface area contributed by atoms with Gasteiger partial charge >= 0.3 is 0 Å². The lowest BCUT2D eigenvalue weighted by Gasteiger charge is -2.30. The summed E-state index contributed by atoms with van der Waals surface area (Å²) in [6.45, 7) is 6.95. The van der Waals surface area contributed by atoms with Gasteiger partial charge in [-0.2, -0.15) is 0 Å². The first kappa shape index (κ1) is 16.0. The molecule has 2 atom stereocenters. The fourth-order valence-corrected chi connectivity index (χ4v) is 3.08. The molecule has 1 aliphatic carbocycles. The fraction of sp³-hybridized carbons (Fsp3) is 0.750. The lowest BCUT2D eigenvalue weighted by Crippen LogP contribution is -2.36. The van der Waals surface area contributed by atoms with E-state index in [0.717, 1.165) is 12.8 Å². The summed E-state index contributed by atoms with van der Waals surface area (Å²) in [4.78, 5) is 16.6. The topological polar surface area (TPSA) is 67.2 Å². The Kier molecular flexibility index (Phi) is 5.04. The van der Waals surface area contributed by atoms with E-state index in [1.54, 1.807) is 17.0 Å². The van der Waals surface area contributed by atoms with Crippen LogP contribution in [-0.4, -0.2) is 27.8 Å². The van der Waals surface area contributed by atoms with Gasteiger partial charge in [0.2, 0.25) is 0 Å². The molecule has 0 saturated heterocycles. The Labute approximate surface area is 126 Å². The molecule has 1 heterocycles. The Morgan fingerprint density at radius 3 is 2.62 bits per heavy atom. The molecule has 5 nitrogen and oxygen atoms in total. The van der Waals surface area contributed by atoms with Gasteiger partial charge in [0.25, 0.3) is 5.56 Å². The maximum atomic E-state index is 12.4. The zero-order valence-electron chi connectivity index (χ0n) is 13.3. The molecule has 118 valence electrons. The predicted octanol–water partition coefficient (Wildman–Crippen LogP) is 2.21. The molecule has 5 heteroatoms. The zero-order chi connectivity index (χ0) is 15.5. The van der Waals surface area contributed by atoms with Crippen molar-refractivity contribution >= 4 is 5.82 Å². The lowest BCUT2D eigenvalue weighted by molar-refractivity contribution is 0.141. The fourth-order valence-electron chi connectivity index (χ4n) is 3.08. The van der Waals surface area contributed by atoms with Gasteiger partial charge in [0.05, 0.1) is 0 Å². The standard InChI is InChI=1S/C16H27N3O2/c1-16(2,3)19-9-8-17-14(15(19)21)18-10-12-6-4-5-7-13(12)11-20/h8-9,12-13,20H,4-7,10-11H2,1-3H3,(H,17,18). The van der Waals surface area contributed by atoms with Gasteiger partial charge in [-0.1, -0.05) is 12.8 Å². The van der Waals surface area contributed by atoms with Crippen molar-refractivity contribution < 1.29 is 5.11 Å². The van der Waals surface area contributed by atoms with E-state index < -0.39 is 0 Å². The number of rotatable bonds is 4. The number of nitrogens with one attached hydrogen (secondary N) is 1. The van der Waals surface area contributed by atoms with E-state index in [9.17, 15) is 9.90 Å². The van der Waals surface area contributed by atoms with Crippen molar-refractivity contribution in [2.75, 3.05) is 18.5 Å². The molecular weight excluding hydrogens is 266 g/mol. The maximum Gasteiger partial charge on any atom is 0.293 e. The van der Waals surface area contributed by atoms with Crippen molar-refractivity contribution in [2.45, 2.75) is 52.0 Å². The summed E-state index contributed by atoms with van der Waals surface area (Å²) in [6, 6.07) is 0. The number of hydrogen-bond acceptors (Lipinski definition) is 4. The number of nitrogens with zero attached hydrogens (tertiary/aromatic N) is 2. The summed E-state index contributed by atoms with van der Waals surface area (Å²) >= 11 is 0. The van der Waals surface area contributed by atoms with Crippen LogP contribution < -0.4 is 10.9 Å². The first-order chi connectivity index (χ1) is 9.93.